The summed E-state index contributed by atoms with van der Waals surface area (Å²) in [7, 11) is 0. The molecule has 1 aromatic carbocycles. The maximum absolute atomic E-state index is 12.7. The number of fused-ring (bicyclic) bond motifs is 1. The van der Waals surface area contributed by atoms with E-state index in [0.717, 1.165) is 36.8 Å². The standard InChI is InChI=1S/C24H29F3N4O3/c1-13-9-19(21-30-31-22(34-21)28-14-5-7-15(32)8-6-14)29-20-17(13)10-16(33-12-24(25,26)27)11-18(20)23(2,3)4/h9-11,14-15,32H,5-8,12H2,1-4H3,(H,28,31)/t14-,15-. The van der Waals surface area contributed by atoms with Crippen LogP contribution < -0.4 is 10.1 Å². The maximum Gasteiger partial charge on any atom is 0.422 e. The summed E-state index contributed by atoms with van der Waals surface area (Å²) in [6.45, 7) is 6.40. The summed E-state index contributed by atoms with van der Waals surface area (Å²) in [6.07, 6.45) is -1.57. The molecule has 0 atom stereocenters. The predicted molar refractivity (Wildman–Crippen MR) is 122 cm³/mol. The van der Waals surface area contributed by atoms with Gasteiger partial charge in [-0.2, -0.15) is 13.2 Å². The Morgan fingerprint density at radius 1 is 1.09 bits per heavy atom. The van der Waals surface area contributed by atoms with E-state index in [1.165, 1.54) is 0 Å². The summed E-state index contributed by atoms with van der Waals surface area (Å²) < 4.78 is 49.0. The largest absolute Gasteiger partial charge is 0.484 e. The number of aromatic nitrogens is 3. The van der Waals surface area contributed by atoms with Crippen molar-refractivity contribution in [3.63, 3.8) is 0 Å². The molecule has 184 valence electrons. The third-order valence-electron chi connectivity index (χ3n) is 5.97. The third-order valence-corrected chi connectivity index (χ3v) is 5.97. The molecule has 7 nitrogen and oxygen atoms in total. The summed E-state index contributed by atoms with van der Waals surface area (Å²) in [5.74, 6) is 0.398. The second-order valence-corrected chi connectivity index (χ2v) is 9.91. The van der Waals surface area contributed by atoms with Crippen LogP contribution in [0.4, 0.5) is 19.2 Å². The first-order chi connectivity index (χ1) is 15.9. The van der Waals surface area contributed by atoms with Crippen molar-refractivity contribution in [3.8, 4) is 17.3 Å². The lowest BCUT2D eigenvalue weighted by molar-refractivity contribution is -0.153. The minimum Gasteiger partial charge on any atom is -0.484 e. The molecule has 2 N–H and O–H groups in total. The van der Waals surface area contributed by atoms with E-state index in [0.29, 0.717) is 22.6 Å². The molecule has 1 aliphatic rings. The molecule has 0 unspecified atom stereocenters. The van der Waals surface area contributed by atoms with Crippen molar-refractivity contribution in [3.05, 3.63) is 29.3 Å². The highest BCUT2D eigenvalue weighted by molar-refractivity contribution is 5.89. The number of hydrogen-bond donors (Lipinski definition) is 2. The SMILES string of the molecule is Cc1cc(-c2nnc(N[C@H]3CC[C@H](O)CC3)o2)nc2c(C(C)(C)C)cc(OCC(F)(F)F)cc12. The van der Waals surface area contributed by atoms with Gasteiger partial charge >= 0.3 is 12.2 Å². The quantitative estimate of drug-likeness (QED) is 0.497. The summed E-state index contributed by atoms with van der Waals surface area (Å²) in [5.41, 5.74) is 2.29. The first kappa shape index (κ1) is 24.3. The predicted octanol–water partition coefficient (Wildman–Crippen LogP) is 5.55. The Labute approximate surface area is 195 Å². The van der Waals surface area contributed by atoms with Gasteiger partial charge in [-0.1, -0.05) is 25.9 Å². The van der Waals surface area contributed by atoms with Gasteiger partial charge in [-0.3, -0.25) is 0 Å². The Hall–Kier alpha value is -2.88. The molecule has 0 bridgehead atoms. The van der Waals surface area contributed by atoms with Crippen LogP contribution in [-0.4, -0.2) is 45.2 Å². The van der Waals surface area contributed by atoms with Crippen molar-refractivity contribution in [2.75, 3.05) is 11.9 Å². The molecular formula is C24H29F3N4O3. The van der Waals surface area contributed by atoms with E-state index in [4.69, 9.17) is 14.1 Å². The molecule has 0 saturated heterocycles. The number of aliphatic hydroxyl groups excluding tert-OH is 1. The van der Waals surface area contributed by atoms with Crippen LogP contribution in [0.3, 0.4) is 0 Å². The number of alkyl halides is 3. The molecule has 0 amide bonds. The molecule has 0 spiro atoms. The van der Waals surface area contributed by atoms with Crippen LogP contribution in [0, 0.1) is 6.92 Å². The lowest BCUT2D eigenvalue weighted by atomic mass is 9.84. The van der Waals surface area contributed by atoms with Crippen LogP contribution in [0.15, 0.2) is 22.6 Å². The smallest absolute Gasteiger partial charge is 0.422 e. The highest BCUT2D eigenvalue weighted by Gasteiger charge is 2.29. The fraction of sp³-hybridized carbons (Fsp3) is 0.542. The van der Waals surface area contributed by atoms with E-state index < -0.39 is 18.2 Å². The minimum atomic E-state index is -4.42. The van der Waals surface area contributed by atoms with Crippen molar-refractivity contribution in [1.82, 2.24) is 15.2 Å². The van der Waals surface area contributed by atoms with E-state index in [1.54, 1.807) is 18.2 Å². The molecule has 2 aromatic heterocycles. The van der Waals surface area contributed by atoms with E-state index >= 15 is 0 Å². The first-order valence-electron chi connectivity index (χ1n) is 11.3. The number of pyridine rings is 1. The number of benzene rings is 1. The highest BCUT2D eigenvalue weighted by atomic mass is 19.4. The first-order valence-corrected chi connectivity index (χ1v) is 11.3. The van der Waals surface area contributed by atoms with E-state index in [-0.39, 0.29) is 23.8 Å². The maximum atomic E-state index is 12.7. The normalized spacial score (nSPS) is 19.4. The monoisotopic (exact) mass is 478 g/mol. The number of anilines is 1. The fourth-order valence-electron chi connectivity index (χ4n) is 4.17. The van der Waals surface area contributed by atoms with Gasteiger partial charge in [-0.05, 0) is 67.3 Å². The molecule has 1 aliphatic carbocycles. The Morgan fingerprint density at radius 2 is 1.79 bits per heavy atom. The van der Waals surface area contributed by atoms with Crippen molar-refractivity contribution in [2.45, 2.75) is 77.1 Å². The lowest BCUT2D eigenvalue weighted by Gasteiger charge is -2.25. The summed E-state index contributed by atoms with van der Waals surface area (Å²) in [5, 5.41) is 21.8. The summed E-state index contributed by atoms with van der Waals surface area (Å²) >= 11 is 0. The summed E-state index contributed by atoms with van der Waals surface area (Å²) in [4.78, 5) is 4.76. The van der Waals surface area contributed by atoms with Gasteiger partial charge in [0.25, 0.3) is 5.89 Å². The second kappa shape index (κ2) is 9.05. The Kier molecular flexibility index (Phi) is 6.46. The van der Waals surface area contributed by atoms with Crippen molar-refractivity contribution < 1.29 is 27.4 Å². The van der Waals surface area contributed by atoms with E-state index in [1.807, 2.05) is 27.7 Å². The number of halogens is 3. The van der Waals surface area contributed by atoms with Crippen LogP contribution in [0.5, 0.6) is 5.75 Å². The van der Waals surface area contributed by atoms with Gasteiger partial charge < -0.3 is 19.6 Å². The van der Waals surface area contributed by atoms with Crippen LogP contribution in [0.2, 0.25) is 0 Å². The molecule has 1 saturated carbocycles. The minimum absolute atomic E-state index is 0.147. The number of ether oxygens (including phenoxy) is 1. The molecule has 4 rings (SSSR count). The van der Waals surface area contributed by atoms with Crippen LogP contribution in [-0.2, 0) is 5.41 Å². The molecule has 1 fully saturated rings. The van der Waals surface area contributed by atoms with Gasteiger partial charge in [0.2, 0.25) is 0 Å². The Balaban J connectivity index is 1.67. The average Bonchev–Trinajstić information content (AvgIpc) is 3.21. The zero-order valence-electron chi connectivity index (χ0n) is 19.7. The lowest BCUT2D eigenvalue weighted by Crippen LogP contribution is -2.28. The van der Waals surface area contributed by atoms with Gasteiger partial charge in [-0.25, -0.2) is 4.98 Å². The van der Waals surface area contributed by atoms with Gasteiger partial charge in [0.15, 0.2) is 6.61 Å². The topological polar surface area (TPSA) is 93.3 Å². The summed E-state index contributed by atoms with van der Waals surface area (Å²) in [6, 6.07) is 5.42. The number of hydrogen-bond acceptors (Lipinski definition) is 7. The number of nitrogens with zero attached hydrogens (tertiary/aromatic N) is 3. The Bertz CT molecular complexity index is 1160. The van der Waals surface area contributed by atoms with Gasteiger partial charge in [-0.15, -0.1) is 5.10 Å². The molecule has 0 aliphatic heterocycles. The number of nitrogens with one attached hydrogen (secondary N) is 1. The molecule has 2 heterocycles. The van der Waals surface area contributed by atoms with Gasteiger partial charge in [0.05, 0.1) is 11.6 Å². The molecule has 10 heteroatoms. The average molecular weight is 479 g/mol. The zero-order chi connectivity index (χ0) is 24.7. The molecule has 0 radical (unpaired) electrons. The highest BCUT2D eigenvalue weighted by Crippen LogP contribution is 2.36. The van der Waals surface area contributed by atoms with Crippen molar-refractivity contribution in [2.24, 2.45) is 0 Å². The number of rotatable bonds is 5. The van der Waals surface area contributed by atoms with Crippen LogP contribution in [0.1, 0.15) is 57.6 Å². The molecule has 34 heavy (non-hydrogen) atoms. The fourth-order valence-corrected chi connectivity index (χ4v) is 4.17. The van der Waals surface area contributed by atoms with Gasteiger partial charge in [0.1, 0.15) is 11.4 Å². The molecular weight excluding hydrogens is 449 g/mol. The molecule has 3 aromatic rings. The Morgan fingerprint density at radius 3 is 2.44 bits per heavy atom. The zero-order valence-corrected chi connectivity index (χ0v) is 19.7. The van der Waals surface area contributed by atoms with Crippen LogP contribution in [0.25, 0.3) is 22.5 Å². The van der Waals surface area contributed by atoms with Gasteiger partial charge in [0, 0.05) is 11.4 Å². The second-order valence-electron chi connectivity index (χ2n) is 9.91. The van der Waals surface area contributed by atoms with Crippen LogP contribution >= 0.6 is 0 Å². The van der Waals surface area contributed by atoms with Crippen molar-refractivity contribution in [1.29, 1.82) is 0 Å². The third kappa shape index (κ3) is 5.60. The van der Waals surface area contributed by atoms with E-state index in [2.05, 4.69) is 15.5 Å². The van der Waals surface area contributed by atoms with Crippen molar-refractivity contribution >= 4 is 16.9 Å². The number of aliphatic hydroxyl groups is 1. The van der Waals surface area contributed by atoms with E-state index in [9.17, 15) is 18.3 Å². The number of aryl methyl sites for hydroxylation is 1.